The first-order chi connectivity index (χ1) is 18.7. The van der Waals surface area contributed by atoms with Gasteiger partial charge in [-0.2, -0.15) is 13.2 Å². The smallest absolute Gasteiger partial charge is 0.428 e. The second-order valence-electron chi connectivity index (χ2n) is 9.53. The number of halogens is 4. The summed E-state index contributed by atoms with van der Waals surface area (Å²) < 4.78 is 44.8. The van der Waals surface area contributed by atoms with Crippen LogP contribution in [0.5, 0.6) is 5.75 Å². The zero-order valence-electron chi connectivity index (χ0n) is 22.7. The van der Waals surface area contributed by atoms with Crippen LogP contribution in [-0.2, 0) is 0 Å². The molecule has 0 aliphatic carbocycles. The lowest BCUT2D eigenvalue weighted by molar-refractivity contribution is -0.250. The Balaban J connectivity index is 2.06. The number of allylic oxidation sites excluding steroid dienone is 2. The number of hydrogen-bond acceptors (Lipinski definition) is 10. The summed E-state index contributed by atoms with van der Waals surface area (Å²) in [6, 6.07) is 4.83. The first-order valence-corrected chi connectivity index (χ1v) is 13.0. The maximum absolute atomic E-state index is 13.0. The van der Waals surface area contributed by atoms with Crippen LogP contribution >= 0.6 is 11.6 Å². The third kappa shape index (κ3) is 7.40. The van der Waals surface area contributed by atoms with E-state index in [0.717, 1.165) is 4.90 Å². The SMILES string of the molecule is CNC[C@@H](O)COc1ccc(Cl)c(-c2nc(/C(C(C)=N)=C(\C)O)c(C)c(N3CCN(C(O)C(F)(F)F)CC3)n2)c1. The highest BCUT2D eigenvalue weighted by atomic mass is 35.5. The molecule has 0 amide bonds. The zero-order valence-corrected chi connectivity index (χ0v) is 23.4. The molecule has 0 saturated carbocycles. The second-order valence-corrected chi connectivity index (χ2v) is 9.94. The number of ether oxygens (including phenoxy) is 1. The monoisotopic (exact) mass is 586 g/mol. The summed E-state index contributed by atoms with van der Waals surface area (Å²) in [5, 5.41) is 41.4. The van der Waals surface area contributed by atoms with E-state index in [1.165, 1.54) is 13.8 Å². The number of piperazine rings is 1. The van der Waals surface area contributed by atoms with E-state index in [9.17, 15) is 28.5 Å². The van der Waals surface area contributed by atoms with Crippen molar-refractivity contribution in [2.75, 3.05) is 51.3 Å². The largest absolute Gasteiger partial charge is 0.512 e. The lowest BCUT2D eigenvalue weighted by Crippen LogP contribution is -2.55. The van der Waals surface area contributed by atoms with Crippen molar-refractivity contribution in [2.24, 2.45) is 0 Å². The molecule has 0 spiro atoms. The molecule has 2 atom stereocenters. The molecule has 1 unspecified atom stereocenters. The standard InChI is InChI=1S/C26H34ClF3N6O4/c1-14-22(21(15(2)31)16(3)37)33-23(19-11-18(5-6-20(19)27)40-13-17(38)12-32-4)34-24(14)35-7-9-36(10-8-35)25(39)26(28,29)30/h5-6,11,17,25,31-32,37-39H,7-10,12-13H2,1-4H3/b21-16+,31-15?/t17-,25?/m1/s1. The van der Waals surface area contributed by atoms with E-state index in [1.54, 1.807) is 37.1 Å². The minimum absolute atomic E-state index is 0.0187. The van der Waals surface area contributed by atoms with Crippen LogP contribution in [0.15, 0.2) is 24.0 Å². The molecule has 0 bridgehead atoms. The van der Waals surface area contributed by atoms with Crippen molar-refractivity contribution in [1.29, 1.82) is 5.41 Å². The summed E-state index contributed by atoms with van der Waals surface area (Å²) in [7, 11) is 1.71. The third-order valence-corrected chi connectivity index (χ3v) is 6.74. The van der Waals surface area contributed by atoms with Gasteiger partial charge in [0.05, 0.1) is 16.3 Å². The van der Waals surface area contributed by atoms with Crippen molar-refractivity contribution in [3.8, 4) is 17.1 Å². The van der Waals surface area contributed by atoms with Crippen molar-refractivity contribution in [3.63, 3.8) is 0 Å². The summed E-state index contributed by atoms with van der Waals surface area (Å²) in [5.41, 5.74) is 1.42. The van der Waals surface area contributed by atoms with Gasteiger partial charge in [0.2, 0.25) is 6.23 Å². The van der Waals surface area contributed by atoms with Crippen LogP contribution in [0.3, 0.4) is 0 Å². The average molecular weight is 587 g/mol. The number of aliphatic hydroxyl groups is 3. The summed E-state index contributed by atoms with van der Waals surface area (Å²) in [6.45, 7) is 5.12. The van der Waals surface area contributed by atoms with E-state index in [4.69, 9.17) is 26.7 Å². The predicted molar refractivity (Wildman–Crippen MR) is 147 cm³/mol. The highest BCUT2D eigenvalue weighted by molar-refractivity contribution is 6.33. The van der Waals surface area contributed by atoms with Gasteiger partial charge in [0, 0.05) is 49.6 Å². The van der Waals surface area contributed by atoms with E-state index in [1.807, 2.05) is 0 Å². The van der Waals surface area contributed by atoms with Crippen molar-refractivity contribution < 1.29 is 33.2 Å². The fraction of sp³-hybridized carbons (Fsp3) is 0.500. The summed E-state index contributed by atoms with van der Waals surface area (Å²) in [5.74, 6) is 0.812. The van der Waals surface area contributed by atoms with E-state index in [-0.39, 0.29) is 61.3 Å². The molecular weight excluding hydrogens is 553 g/mol. The number of nitrogens with zero attached hydrogens (tertiary/aromatic N) is 4. The molecule has 220 valence electrons. The number of anilines is 1. The van der Waals surface area contributed by atoms with Crippen molar-refractivity contribution in [1.82, 2.24) is 20.2 Å². The molecule has 1 saturated heterocycles. The van der Waals surface area contributed by atoms with Gasteiger partial charge in [-0.15, -0.1) is 0 Å². The van der Waals surface area contributed by atoms with E-state index >= 15 is 0 Å². The van der Waals surface area contributed by atoms with Gasteiger partial charge >= 0.3 is 6.18 Å². The normalized spacial score (nSPS) is 16.9. The first-order valence-electron chi connectivity index (χ1n) is 12.6. The molecule has 1 aliphatic heterocycles. The van der Waals surface area contributed by atoms with Crippen molar-refractivity contribution >= 4 is 28.7 Å². The number of hydrogen-bond donors (Lipinski definition) is 5. The molecular formula is C26H34ClF3N6O4. The number of nitrogens with one attached hydrogen (secondary N) is 2. The fourth-order valence-electron chi connectivity index (χ4n) is 4.43. The molecule has 3 rings (SSSR count). The Hall–Kier alpha value is -2.97. The molecule has 1 aromatic carbocycles. The lowest BCUT2D eigenvalue weighted by atomic mass is 10.0. The minimum atomic E-state index is -4.76. The molecule has 10 nitrogen and oxygen atoms in total. The Kier molecular flexibility index (Phi) is 10.4. The molecule has 2 aromatic rings. The molecule has 1 fully saturated rings. The van der Waals surface area contributed by atoms with Crippen molar-refractivity contribution in [3.05, 3.63) is 40.2 Å². The fourth-order valence-corrected chi connectivity index (χ4v) is 4.64. The van der Waals surface area contributed by atoms with Gasteiger partial charge in [-0.25, -0.2) is 9.97 Å². The Morgan fingerprint density at radius 1 is 1.18 bits per heavy atom. The topological polar surface area (TPSA) is 138 Å². The number of alkyl halides is 3. The third-order valence-electron chi connectivity index (χ3n) is 6.41. The molecule has 0 radical (unpaired) electrons. The van der Waals surface area contributed by atoms with Crippen LogP contribution in [0, 0.1) is 12.3 Å². The Labute approximate surface area is 235 Å². The Bertz CT molecular complexity index is 1250. The van der Waals surface area contributed by atoms with Gasteiger partial charge in [0.25, 0.3) is 0 Å². The number of aromatic nitrogens is 2. The van der Waals surface area contributed by atoms with Gasteiger partial charge < -0.3 is 35.7 Å². The number of rotatable bonds is 10. The summed E-state index contributed by atoms with van der Waals surface area (Å²) in [6.07, 6.45) is -8.07. The first kappa shape index (κ1) is 31.6. The zero-order chi connectivity index (χ0) is 29.8. The average Bonchev–Trinajstić information content (AvgIpc) is 2.88. The maximum atomic E-state index is 13.0. The minimum Gasteiger partial charge on any atom is -0.512 e. The van der Waals surface area contributed by atoms with Crippen LogP contribution in [0.25, 0.3) is 17.0 Å². The van der Waals surface area contributed by atoms with Gasteiger partial charge in [0.15, 0.2) is 5.82 Å². The van der Waals surface area contributed by atoms with Gasteiger partial charge in [0.1, 0.15) is 30.0 Å². The van der Waals surface area contributed by atoms with Gasteiger partial charge in [-0.05, 0) is 46.0 Å². The predicted octanol–water partition coefficient (Wildman–Crippen LogP) is 3.40. The Morgan fingerprint density at radius 2 is 1.82 bits per heavy atom. The number of aliphatic hydroxyl groups excluding tert-OH is 3. The van der Waals surface area contributed by atoms with Crippen LogP contribution in [0.1, 0.15) is 25.1 Å². The van der Waals surface area contributed by atoms with E-state index in [2.05, 4.69) is 10.3 Å². The summed E-state index contributed by atoms with van der Waals surface area (Å²) in [4.78, 5) is 12.1. The number of benzene rings is 1. The molecule has 14 heteroatoms. The Morgan fingerprint density at radius 3 is 2.38 bits per heavy atom. The highest BCUT2D eigenvalue weighted by Crippen LogP contribution is 2.35. The molecule has 5 N–H and O–H groups in total. The maximum Gasteiger partial charge on any atom is 0.428 e. The van der Waals surface area contributed by atoms with Crippen LogP contribution in [-0.4, -0.2) is 101 Å². The quantitative estimate of drug-likeness (QED) is 0.209. The molecule has 1 aliphatic rings. The van der Waals surface area contributed by atoms with E-state index < -0.39 is 18.5 Å². The number of likely N-dealkylation sites (N-methyl/N-ethyl adjacent to an activating group) is 1. The molecule has 1 aromatic heterocycles. The van der Waals surface area contributed by atoms with Crippen LogP contribution in [0.4, 0.5) is 19.0 Å². The molecule has 40 heavy (non-hydrogen) atoms. The van der Waals surface area contributed by atoms with Crippen LogP contribution < -0.4 is 15.0 Å². The van der Waals surface area contributed by atoms with E-state index in [0.29, 0.717) is 34.3 Å². The highest BCUT2D eigenvalue weighted by Gasteiger charge is 2.43. The van der Waals surface area contributed by atoms with Gasteiger partial charge in [-0.1, -0.05) is 11.6 Å². The van der Waals surface area contributed by atoms with Crippen LogP contribution in [0.2, 0.25) is 5.02 Å². The second kappa shape index (κ2) is 13.1. The molecule has 2 heterocycles. The lowest BCUT2D eigenvalue weighted by Gasteiger charge is -2.38. The van der Waals surface area contributed by atoms with Gasteiger partial charge in [-0.3, -0.25) is 4.90 Å². The summed E-state index contributed by atoms with van der Waals surface area (Å²) >= 11 is 6.52. The van der Waals surface area contributed by atoms with Crippen molar-refractivity contribution in [2.45, 2.75) is 39.3 Å².